The third-order valence-corrected chi connectivity index (χ3v) is 23.9. The number of phosphoric acid groups is 2. The van der Waals surface area contributed by atoms with Crippen LogP contribution in [0, 0.1) is 0 Å². The number of rotatable bonds is 89. The predicted octanol–water partition coefficient (Wildman–Crippen LogP) is 17.8. The summed E-state index contributed by atoms with van der Waals surface area (Å²) in [6.45, 7) is 11.2. The van der Waals surface area contributed by atoms with Crippen LogP contribution in [0.15, 0.2) is 0 Å². The fourth-order valence-corrected chi connectivity index (χ4v) is 16.2. The van der Waals surface area contributed by atoms with E-state index < -0.39 is 47.0 Å². The van der Waals surface area contributed by atoms with Gasteiger partial charge in [0.1, 0.15) is 0 Å². The number of hydrogen-bond acceptors (Lipinski definition) is 14. The van der Waals surface area contributed by atoms with Crippen molar-refractivity contribution in [3.63, 3.8) is 0 Å². The van der Waals surface area contributed by atoms with Gasteiger partial charge in [0.2, 0.25) is 23.6 Å². The maximum Gasteiger partial charge on any atom is 1.00 e. The summed E-state index contributed by atoms with van der Waals surface area (Å²) in [4.78, 5) is 80.2. The quantitative estimate of drug-likeness (QED) is 0.0109. The maximum atomic E-state index is 13.7. The van der Waals surface area contributed by atoms with Gasteiger partial charge in [-0.3, -0.25) is 32.8 Å². The first-order chi connectivity index (χ1) is 54.1. The Morgan fingerprint density at radius 1 is 0.274 bits per heavy atom. The van der Waals surface area contributed by atoms with Gasteiger partial charge < -0.3 is 55.8 Å². The Bertz CT molecular complexity index is 2210. The van der Waals surface area contributed by atoms with E-state index in [0.717, 1.165) is 135 Å². The SMILES string of the molecule is CCCCCCCCCCCCCC(=O)NC(CCCCCCCCC)CC[C@H](COP(=O)([O-])OCCNC(=O)NCCOP(=O)(O[O-])OC[C@@H](CCC(CCCCCCCCC)NC(=O)CCCCCCCCCCCCC)NC(=O)CCCCCCCCCCCCC)NC(=O)CCCCCCCCCCCCC.[Na+].[Na+]. The van der Waals surface area contributed by atoms with E-state index in [-0.39, 0.29) is 121 Å². The summed E-state index contributed by atoms with van der Waals surface area (Å²) in [5.74, 6) is -0.333. The number of carbonyl (C=O) groups is 5. The minimum atomic E-state index is -4.95. The van der Waals surface area contributed by atoms with Gasteiger partial charge in [0.05, 0.1) is 38.5 Å². The van der Waals surface area contributed by atoms with Crippen LogP contribution in [0.3, 0.4) is 0 Å². The van der Waals surface area contributed by atoms with Gasteiger partial charge in [0, 0.05) is 50.9 Å². The molecule has 0 aliphatic heterocycles. The molecule has 113 heavy (non-hydrogen) atoms. The molecule has 0 aliphatic carbocycles. The zero-order valence-electron chi connectivity index (χ0n) is 74.7. The zero-order valence-corrected chi connectivity index (χ0v) is 80.5. The third-order valence-electron chi connectivity index (χ3n) is 21.8. The van der Waals surface area contributed by atoms with Crippen LogP contribution in [-0.4, -0.2) is 93.3 Å². The number of phosphoric ester groups is 2. The van der Waals surface area contributed by atoms with Crippen LogP contribution in [0.1, 0.15) is 478 Å². The van der Waals surface area contributed by atoms with Crippen molar-refractivity contribution in [2.24, 2.45) is 0 Å². The second kappa shape index (κ2) is 89.1. The van der Waals surface area contributed by atoms with Crippen molar-refractivity contribution < 1.29 is 125 Å². The first-order valence-electron chi connectivity index (χ1n) is 47.1. The normalized spacial score (nSPS) is 13.6. The smallest absolute Gasteiger partial charge is 0.756 e. The van der Waals surface area contributed by atoms with Crippen LogP contribution in [0.25, 0.3) is 0 Å². The number of hydrogen-bond donors (Lipinski definition) is 6. The van der Waals surface area contributed by atoms with Crippen molar-refractivity contribution in [2.75, 3.05) is 39.5 Å². The van der Waals surface area contributed by atoms with Crippen molar-refractivity contribution in [1.82, 2.24) is 31.9 Å². The maximum absolute atomic E-state index is 13.7. The third kappa shape index (κ3) is 83.4. The zero-order chi connectivity index (χ0) is 81.3. The largest absolute Gasteiger partial charge is 1.00 e. The molecule has 0 radical (unpaired) electrons. The summed E-state index contributed by atoms with van der Waals surface area (Å²) in [6.07, 6.45) is 72.4. The fourth-order valence-electron chi connectivity index (χ4n) is 14.7. The van der Waals surface area contributed by atoms with Crippen molar-refractivity contribution in [1.29, 1.82) is 0 Å². The molecule has 0 saturated heterocycles. The Balaban J connectivity index is -0.0000605. The summed E-state index contributed by atoms with van der Waals surface area (Å²) in [6, 6.07) is -2.41. The fraction of sp³-hybridized carbons (Fsp3) is 0.944. The van der Waals surface area contributed by atoms with Crippen molar-refractivity contribution in [3.05, 3.63) is 0 Å². The Morgan fingerprint density at radius 2 is 0.487 bits per heavy atom. The number of carbonyl (C=O) groups excluding carboxylic acids is 5. The van der Waals surface area contributed by atoms with Gasteiger partial charge >= 0.3 is 73.0 Å². The van der Waals surface area contributed by atoms with E-state index in [1.807, 2.05) is 0 Å². The second-order valence-corrected chi connectivity index (χ2v) is 35.6. The first-order valence-corrected chi connectivity index (χ1v) is 50.0. The number of urea groups is 1. The summed E-state index contributed by atoms with van der Waals surface area (Å²) in [5, 5.41) is 29.8. The van der Waals surface area contributed by atoms with E-state index >= 15 is 0 Å². The Morgan fingerprint density at radius 3 is 0.743 bits per heavy atom. The van der Waals surface area contributed by atoms with Crippen LogP contribution < -0.4 is 101 Å². The van der Waals surface area contributed by atoms with Crippen LogP contribution >= 0.6 is 15.6 Å². The molecule has 6 atom stereocenters. The summed E-state index contributed by atoms with van der Waals surface area (Å²) < 4.78 is 52.5. The second-order valence-electron chi connectivity index (χ2n) is 32.6. The average Bonchev–Trinajstić information content (AvgIpc) is 0.903. The molecule has 0 fully saturated rings. The van der Waals surface area contributed by atoms with E-state index in [1.54, 1.807) is 0 Å². The number of nitrogens with one attached hydrogen (secondary N) is 6. The molecule has 0 saturated carbocycles. The standard InChI is InChI=1S/C89H178N6O14P2.2Na/c1-7-13-19-25-31-35-39-43-49-55-61-67-85(96)92-81(65-59-53-47-29-23-17-11-5)71-73-83(94-87(98)69-63-57-51-45-41-37-33-27-21-15-9-3)79-107-110(102,103)105-77-75-90-89(100)91-76-78-106-111(104,109-101)108-80-84(95-88(99)70-64-58-52-46-42-38-34-28-22-16-10-4)74-72-82(66-60-54-48-30-24-18-12-6)93-86(97)68-62-56-50-44-40-36-32-26-20-14-8-2;;/h81-84,101H,7-80H2,1-6H3,(H,92,96)(H,93,97)(H,94,98)(H,95,99)(H,102,103)(H2,90,91,100);;/q;2*+1/p-2/t81?,82?,83-,84-,111?;;/m1../s1. The Kier molecular flexibility index (Phi) is 91.8. The van der Waals surface area contributed by atoms with Gasteiger partial charge in [0.15, 0.2) is 0 Å². The van der Waals surface area contributed by atoms with E-state index in [0.29, 0.717) is 57.8 Å². The summed E-state index contributed by atoms with van der Waals surface area (Å²) >= 11 is 0. The molecule has 658 valence electrons. The molecule has 0 aromatic carbocycles. The van der Waals surface area contributed by atoms with Crippen LogP contribution in [-0.2, 0) is 51.1 Å². The molecule has 0 bridgehead atoms. The van der Waals surface area contributed by atoms with Gasteiger partial charge in [-0.15, -0.1) is 0 Å². The molecule has 0 spiro atoms. The van der Waals surface area contributed by atoms with Crippen molar-refractivity contribution in [2.45, 2.75) is 502 Å². The van der Waals surface area contributed by atoms with E-state index in [4.69, 9.17) is 18.1 Å². The van der Waals surface area contributed by atoms with Crippen LogP contribution in [0.5, 0.6) is 0 Å². The van der Waals surface area contributed by atoms with Gasteiger partial charge in [-0.2, -0.15) is 0 Å². The van der Waals surface area contributed by atoms with Gasteiger partial charge in [-0.1, -0.05) is 388 Å². The van der Waals surface area contributed by atoms with Gasteiger partial charge in [0.25, 0.3) is 7.82 Å². The minimum absolute atomic E-state index is 0. The molecule has 6 amide bonds. The van der Waals surface area contributed by atoms with Crippen LogP contribution in [0.4, 0.5) is 4.79 Å². The molecular weight excluding hydrogens is 1480 g/mol. The average molecular weight is 1660 g/mol. The molecule has 0 heterocycles. The molecule has 20 nitrogen and oxygen atoms in total. The predicted molar refractivity (Wildman–Crippen MR) is 457 cm³/mol. The molecule has 24 heteroatoms. The number of unbranched alkanes of at least 4 members (excludes halogenated alkanes) is 52. The molecule has 0 rings (SSSR count). The molecule has 0 aliphatic rings. The van der Waals surface area contributed by atoms with Gasteiger partial charge in [-0.25, -0.2) is 9.36 Å². The topological polar surface area (TPSA) is 284 Å². The first kappa shape index (κ1) is 116. The minimum Gasteiger partial charge on any atom is -0.756 e. The Labute approximate surface area is 738 Å². The molecule has 4 unspecified atom stereocenters. The van der Waals surface area contributed by atoms with E-state index in [2.05, 4.69) is 78.1 Å². The number of amides is 6. The van der Waals surface area contributed by atoms with Crippen molar-refractivity contribution in [3.8, 4) is 0 Å². The van der Waals surface area contributed by atoms with Crippen molar-refractivity contribution >= 4 is 45.3 Å². The summed E-state index contributed by atoms with van der Waals surface area (Å²) in [5.41, 5.74) is 0. The van der Waals surface area contributed by atoms with E-state index in [9.17, 15) is 43.3 Å². The molecule has 0 aromatic heterocycles. The van der Waals surface area contributed by atoms with Crippen LogP contribution in [0.2, 0.25) is 0 Å². The molecule has 0 aromatic rings. The van der Waals surface area contributed by atoms with E-state index in [1.165, 1.54) is 244 Å². The Hall–Kier alpha value is -0.670. The molecule has 6 N–H and O–H groups in total. The molecular formula is C89H176N6Na2O14P2. The monoisotopic (exact) mass is 1660 g/mol. The van der Waals surface area contributed by atoms with Gasteiger partial charge in [-0.05, 0) is 64.2 Å². The summed E-state index contributed by atoms with van der Waals surface area (Å²) in [7, 11) is -9.69.